The molecule has 4 heteroatoms. The number of amides is 1. The Morgan fingerprint density at radius 2 is 1.53 bits per heavy atom. The first-order valence-corrected chi connectivity index (χ1v) is 6.38. The first-order valence-electron chi connectivity index (χ1n) is 6.38. The molecular weight excluding hydrogens is 218 g/mol. The van der Waals surface area contributed by atoms with Gasteiger partial charge in [0.25, 0.3) is 0 Å². The van der Waals surface area contributed by atoms with E-state index in [2.05, 4.69) is 5.32 Å². The second kappa shape index (κ2) is 6.62. The number of hydrogen-bond acceptors (Lipinski definition) is 2. The topological polar surface area (TPSA) is 66.4 Å². The molecule has 0 spiro atoms. The number of carboxylic acids is 1. The van der Waals surface area contributed by atoms with Crippen LogP contribution in [0.25, 0.3) is 0 Å². The van der Waals surface area contributed by atoms with Crippen LogP contribution in [0, 0.1) is 11.3 Å². The predicted octanol–water partition coefficient (Wildman–Crippen LogP) is 2.43. The maximum atomic E-state index is 12.2. The van der Waals surface area contributed by atoms with Crippen molar-refractivity contribution in [1.82, 2.24) is 5.32 Å². The molecule has 2 N–H and O–H groups in total. The molecule has 1 unspecified atom stereocenters. The molecule has 0 aromatic rings. The Morgan fingerprint density at radius 1 is 1.12 bits per heavy atom. The Morgan fingerprint density at radius 3 is 1.76 bits per heavy atom. The lowest BCUT2D eigenvalue weighted by Gasteiger charge is -2.31. The SMILES string of the molecule is CCC(CC)(CC)C(=O)NC(C(=O)O)C(C)C. The van der Waals surface area contributed by atoms with E-state index in [4.69, 9.17) is 5.11 Å². The fraction of sp³-hybridized carbons (Fsp3) is 0.846. The highest BCUT2D eigenvalue weighted by molar-refractivity contribution is 5.87. The summed E-state index contributed by atoms with van der Waals surface area (Å²) >= 11 is 0. The number of carbonyl (C=O) groups excluding carboxylic acids is 1. The zero-order valence-electron chi connectivity index (χ0n) is 11.5. The predicted molar refractivity (Wildman–Crippen MR) is 67.7 cm³/mol. The minimum atomic E-state index is -0.967. The van der Waals surface area contributed by atoms with Crippen molar-refractivity contribution in [1.29, 1.82) is 0 Å². The van der Waals surface area contributed by atoms with Crippen molar-refractivity contribution < 1.29 is 14.7 Å². The second-order valence-corrected chi connectivity index (χ2v) is 4.87. The molecule has 0 aromatic heterocycles. The van der Waals surface area contributed by atoms with Crippen LogP contribution >= 0.6 is 0 Å². The third-order valence-electron chi connectivity index (χ3n) is 3.73. The van der Waals surface area contributed by atoms with Gasteiger partial charge in [-0.2, -0.15) is 0 Å². The quantitative estimate of drug-likeness (QED) is 0.721. The summed E-state index contributed by atoms with van der Waals surface area (Å²) in [5.41, 5.74) is -0.428. The first kappa shape index (κ1) is 15.9. The summed E-state index contributed by atoms with van der Waals surface area (Å²) in [7, 11) is 0. The first-order chi connectivity index (χ1) is 7.84. The molecule has 0 heterocycles. The van der Waals surface area contributed by atoms with Gasteiger partial charge in [-0.1, -0.05) is 34.6 Å². The number of carbonyl (C=O) groups is 2. The monoisotopic (exact) mass is 243 g/mol. The zero-order valence-corrected chi connectivity index (χ0v) is 11.5. The molecule has 0 aliphatic rings. The Balaban J connectivity index is 4.86. The van der Waals surface area contributed by atoms with Crippen molar-refractivity contribution in [2.75, 3.05) is 0 Å². The molecule has 0 aliphatic carbocycles. The molecule has 0 aromatic carbocycles. The standard InChI is InChI=1S/C13H25NO3/c1-6-13(7-2,8-3)12(17)14-10(9(4)5)11(15)16/h9-10H,6-8H2,1-5H3,(H,14,17)(H,15,16). The molecule has 0 bridgehead atoms. The molecular formula is C13H25NO3. The third-order valence-corrected chi connectivity index (χ3v) is 3.73. The highest BCUT2D eigenvalue weighted by Crippen LogP contribution is 2.30. The molecule has 0 saturated heterocycles. The Bertz CT molecular complexity index is 262. The fourth-order valence-corrected chi connectivity index (χ4v) is 2.04. The van der Waals surface area contributed by atoms with E-state index in [1.807, 2.05) is 20.8 Å². The second-order valence-electron chi connectivity index (χ2n) is 4.87. The van der Waals surface area contributed by atoms with Crippen molar-refractivity contribution in [3.05, 3.63) is 0 Å². The highest BCUT2D eigenvalue weighted by atomic mass is 16.4. The minimum absolute atomic E-state index is 0.111. The molecule has 0 radical (unpaired) electrons. The van der Waals surface area contributed by atoms with Crippen LogP contribution in [0.3, 0.4) is 0 Å². The van der Waals surface area contributed by atoms with Crippen LogP contribution in [-0.4, -0.2) is 23.0 Å². The number of carboxylic acid groups (broad SMARTS) is 1. The average molecular weight is 243 g/mol. The summed E-state index contributed by atoms with van der Waals surface area (Å²) in [6, 6.07) is -0.800. The van der Waals surface area contributed by atoms with Crippen LogP contribution in [0.4, 0.5) is 0 Å². The molecule has 0 saturated carbocycles. The molecule has 0 fully saturated rings. The Kier molecular flexibility index (Phi) is 6.21. The van der Waals surface area contributed by atoms with Crippen LogP contribution < -0.4 is 5.32 Å². The van der Waals surface area contributed by atoms with Gasteiger partial charge in [0, 0.05) is 5.41 Å². The van der Waals surface area contributed by atoms with Crippen molar-refractivity contribution >= 4 is 11.9 Å². The highest BCUT2D eigenvalue weighted by Gasteiger charge is 2.35. The lowest BCUT2D eigenvalue weighted by atomic mass is 9.78. The van der Waals surface area contributed by atoms with Gasteiger partial charge in [-0.25, -0.2) is 4.79 Å². The number of hydrogen-bond donors (Lipinski definition) is 2. The molecule has 1 atom stereocenters. The van der Waals surface area contributed by atoms with Crippen molar-refractivity contribution in [3.8, 4) is 0 Å². The van der Waals surface area contributed by atoms with Gasteiger partial charge < -0.3 is 10.4 Å². The van der Waals surface area contributed by atoms with Crippen LogP contribution in [0.5, 0.6) is 0 Å². The largest absolute Gasteiger partial charge is 0.480 e. The van der Waals surface area contributed by atoms with Gasteiger partial charge >= 0.3 is 5.97 Å². The molecule has 4 nitrogen and oxygen atoms in total. The van der Waals surface area contributed by atoms with E-state index in [9.17, 15) is 9.59 Å². The van der Waals surface area contributed by atoms with E-state index in [1.165, 1.54) is 0 Å². The van der Waals surface area contributed by atoms with Gasteiger partial charge in [0.05, 0.1) is 0 Å². The van der Waals surface area contributed by atoms with Gasteiger partial charge in [-0.3, -0.25) is 4.79 Å². The van der Waals surface area contributed by atoms with Gasteiger partial charge in [-0.05, 0) is 25.2 Å². The van der Waals surface area contributed by atoms with E-state index in [0.29, 0.717) is 0 Å². The van der Waals surface area contributed by atoms with Crippen LogP contribution in [0.15, 0.2) is 0 Å². The third kappa shape index (κ3) is 3.72. The van der Waals surface area contributed by atoms with Crippen LogP contribution in [0.1, 0.15) is 53.9 Å². The van der Waals surface area contributed by atoms with Gasteiger partial charge in [-0.15, -0.1) is 0 Å². The van der Waals surface area contributed by atoms with Gasteiger partial charge in [0.1, 0.15) is 6.04 Å². The normalized spacial score (nSPS) is 13.5. The molecule has 17 heavy (non-hydrogen) atoms. The average Bonchev–Trinajstić information content (AvgIpc) is 2.28. The van der Waals surface area contributed by atoms with Crippen molar-refractivity contribution in [2.45, 2.75) is 59.9 Å². The van der Waals surface area contributed by atoms with E-state index >= 15 is 0 Å². The number of rotatable bonds is 7. The lowest BCUT2D eigenvalue weighted by Crippen LogP contribution is -2.50. The molecule has 1 amide bonds. The van der Waals surface area contributed by atoms with E-state index < -0.39 is 17.4 Å². The van der Waals surface area contributed by atoms with E-state index in [0.717, 1.165) is 19.3 Å². The zero-order chi connectivity index (χ0) is 13.6. The number of aliphatic carboxylic acids is 1. The fourth-order valence-electron chi connectivity index (χ4n) is 2.04. The van der Waals surface area contributed by atoms with Crippen LogP contribution in [-0.2, 0) is 9.59 Å². The summed E-state index contributed by atoms with van der Waals surface area (Å²) in [5.74, 6) is -1.21. The number of nitrogens with one attached hydrogen (secondary N) is 1. The Labute approximate surface area is 104 Å². The maximum absolute atomic E-state index is 12.2. The van der Waals surface area contributed by atoms with E-state index in [1.54, 1.807) is 13.8 Å². The van der Waals surface area contributed by atoms with Crippen LogP contribution in [0.2, 0.25) is 0 Å². The Hall–Kier alpha value is -1.06. The van der Waals surface area contributed by atoms with E-state index in [-0.39, 0.29) is 11.8 Å². The molecule has 0 rings (SSSR count). The summed E-state index contributed by atoms with van der Waals surface area (Å²) in [5, 5.41) is 11.7. The minimum Gasteiger partial charge on any atom is -0.480 e. The lowest BCUT2D eigenvalue weighted by molar-refractivity contribution is -0.145. The maximum Gasteiger partial charge on any atom is 0.326 e. The van der Waals surface area contributed by atoms with Gasteiger partial charge in [0.15, 0.2) is 0 Å². The van der Waals surface area contributed by atoms with Gasteiger partial charge in [0.2, 0.25) is 5.91 Å². The summed E-state index contributed by atoms with van der Waals surface area (Å²) in [6.07, 6.45) is 2.20. The van der Waals surface area contributed by atoms with Crippen molar-refractivity contribution in [3.63, 3.8) is 0 Å². The van der Waals surface area contributed by atoms with Crippen molar-refractivity contribution in [2.24, 2.45) is 11.3 Å². The summed E-state index contributed by atoms with van der Waals surface area (Å²) in [4.78, 5) is 23.3. The molecule has 100 valence electrons. The smallest absolute Gasteiger partial charge is 0.326 e. The summed E-state index contributed by atoms with van der Waals surface area (Å²) in [6.45, 7) is 9.50. The molecule has 0 aliphatic heterocycles. The summed E-state index contributed by atoms with van der Waals surface area (Å²) < 4.78 is 0.